The lowest BCUT2D eigenvalue weighted by atomic mass is 10.2. The van der Waals surface area contributed by atoms with Crippen LogP contribution in [0.1, 0.15) is 37.1 Å². The maximum Gasteiger partial charge on any atom is 0.191 e. The zero-order chi connectivity index (χ0) is 21.3. The number of hydrogen-bond donors (Lipinski definition) is 2. The van der Waals surface area contributed by atoms with E-state index in [2.05, 4.69) is 57.7 Å². The van der Waals surface area contributed by atoms with Gasteiger partial charge < -0.3 is 20.0 Å². The standard InChI is InChI=1S/C24H35N5OS.HI/c1-2-25-24(27-19-22(23-6-5-15-30-23)29-11-3-4-12-29)26-18-20-7-9-21(10-8-20)28-13-16-31-17-14-28;/h5-10,15,22H,2-4,11-14,16-19H2,1H3,(H2,25,26,27);1H. The highest BCUT2D eigenvalue weighted by atomic mass is 127. The molecule has 1 atom stereocenters. The number of anilines is 1. The van der Waals surface area contributed by atoms with Crippen LogP contribution in [0.3, 0.4) is 0 Å². The van der Waals surface area contributed by atoms with Gasteiger partial charge in [0.05, 0.1) is 18.8 Å². The first kappa shape index (κ1) is 25.2. The molecule has 4 rings (SSSR count). The van der Waals surface area contributed by atoms with Gasteiger partial charge in [-0.15, -0.1) is 24.0 Å². The number of hydrogen-bond acceptors (Lipinski definition) is 5. The first-order valence-electron chi connectivity index (χ1n) is 11.5. The topological polar surface area (TPSA) is 56.0 Å². The molecule has 32 heavy (non-hydrogen) atoms. The second-order valence-corrected chi connectivity index (χ2v) is 9.34. The maximum atomic E-state index is 5.74. The fourth-order valence-electron chi connectivity index (χ4n) is 4.28. The Morgan fingerprint density at radius 1 is 1.06 bits per heavy atom. The molecule has 2 fully saturated rings. The molecule has 2 aliphatic heterocycles. The summed E-state index contributed by atoms with van der Waals surface area (Å²) < 4.78 is 5.74. The number of aliphatic imine (C=N–C) groups is 1. The van der Waals surface area contributed by atoms with Crippen molar-refractivity contribution in [3.63, 3.8) is 0 Å². The van der Waals surface area contributed by atoms with Crippen LogP contribution < -0.4 is 15.5 Å². The summed E-state index contributed by atoms with van der Waals surface area (Å²) in [6.07, 6.45) is 4.29. The van der Waals surface area contributed by atoms with E-state index in [4.69, 9.17) is 9.41 Å². The van der Waals surface area contributed by atoms with E-state index in [1.807, 2.05) is 17.8 Å². The average Bonchev–Trinajstić information content (AvgIpc) is 3.54. The van der Waals surface area contributed by atoms with Crippen LogP contribution in [0.25, 0.3) is 0 Å². The minimum atomic E-state index is 0. The molecular formula is C24H36IN5OS. The van der Waals surface area contributed by atoms with Crippen molar-refractivity contribution in [1.29, 1.82) is 0 Å². The summed E-state index contributed by atoms with van der Waals surface area (Å²) in [6.45, 7) is 8.94. The minimum absolute atomic E-state index is 0. The molecule has 3 heterocycles. The van der Waals surface area contributed by atoms with Crippen LogP contribution in [0.2, 0.25) is 0 Å². The largest absolute Gasteiger partial charge is 0.468 e. The summed E-state index contributed by atoms with van der Waals surface area (Å²) >= 11 is 2.04. The number of rotatable bonds is 8. The smallest absolute Gasteiger partial charge is 0.191 e. The maximum absolute atomic E-state index is 5.74. The van der Waals surface area contributed by atoms with Gasteiger partial charge in [0, 0.05) is 43.4 Å². The van der Waals surface area contributed by atoms with Gasteiger partial charge in [-0.25, -0.2) is 4.99 Å². The number of halogens is 1. The molecule has 0 bridgehead atoms. The Morgan fingerprint density at radius 2 is 1.81 bits per heavy atom. The van der Waals surface area contributed by atoms with E-state index in [0.717, 1.165) is 51.0 Å². The third kappa shape index (κ3) is 7.05. The molecule has 0 amide bonds. The summed E-state index contributed by atoms with van der Waals surface area (Å²) in [5, 5.41) is 6.93. The van der Waals surface area contributed by atoms with Gasteiger partial charge >= 0.3 is 0 Å². The van der Waals surface area contributed by atoms with E-state index in [-0.39, 0.29) is 30.0 Å². The molecule has 0 saturated carbocycles. The Morgan fingerprint density at radius 3 is 2.47 bits per heavy atom. The number of guanidine groups is 1. The predicted molar refractivity (Wildman–Crippen MR) is 146 cm³/mol. The van der Waals surface area contributed by atoms with Gasteiger partial charge in [0.1, 0.15) is 5.76 Å². The van der Waals surface area contributed by atoms with Crippen LogP contribution in [0.4, 0.5) is 5.69 Å². The molecule has 6 nitrogen and oxygen atoms in total. The van der Waals surface area contributed by atoms with Crippen LogP contribution in [0.5, 0.6) is 0 Å². The average molecular weight is 570 g/mol. The van der Waals surface area contributed by atoms with Crippen molar-refractivity contribution < 1.29 is 4.42 Å². The summed E-state index contributed by atoms with van der Waals surface area (Å²) in [5.41, 5.74) is 2.56. The van der Waals surface area contributed by atoms with Gasteiger partial charge in [-0.1, -0.05) is 12.1 Å². The SMILES string of the molecule is CCNC(=NCc1ccc(N2CCSCC2)cc1)NCC(c1ccco1)N1CCCC1.I. The van der Waals surface area contributed by atoms with Crippen molar-refractivity contribution >= 4 is 47.4 Å². The monoisotopic (exact) mass is 569 g/mol. The molecule has 2 aliphatic rings. The highest BCUT2D eigenvalue weighted by Gasteiger charge is 2.25. The third-order valence-corrected chi connectivity index (χ3v) is 6.93. The van der Waals surface area contributed by atoms with Crippen LogP contribution in [0, 0.1) is 0 Å². The number of thioether (sulfide) groups is 1. The quantitative estimate of drug-likeness (QED) is 0.280. The zero-order valence-electron chi connectivity index (χ0n) is 19.0. The highest BCUT2D eigenvalue weighted by molar-refractivity contribution is 14.0. The first-order chi connectivity index (χ1) is 15.3. The van der Waals surface area contributed by atoms with Crippen molar-refractivity contribution in [1.82, 2.24) is 15.5 Å². The van der Waals surface area contributed by atoms with Crippen LogP contribution in [-0.4, -0.2) is 61.6 Å². The molecule has 0 radical (unpaired) electrons. The molecule has 1 aromatic heterocycles. The second kappa shape index (κ2) is 13.3. The predicted octanol–water partition coefficient (Wildman–Crippen LogP) is 4.34. The molecule has 2 aromatic rings. The first-order valence-corrected chi connectivity index (χ1v) is 12.7. The molecule has 0 spiro atoms. The fraction of sp³-hybridized carbons (Fsp3) is 0.542. The summed E-state index contributed by atoms with van der Waals surface area (Å²) in [6, 6.07) is 13.2. The van der Waals surface area contributed by atoms with Crippen molar-refractivity contribution in [3.8, 4) is 0 Å². The Kier molecular flexibility index (Phi) is 10.5. The van der Waals surface area contributed by atoms with E-state index >= 15 is 0 Å². The molecule has 0 aliphatic carbocycles. The van der Waals surface area contributed by atoms with E-state index in [0.29, 0.717) is 6.54 Å². The van der Waals surface area contributed by atoms with Crippen LogP contribution in [0.15, 0.2) is 52.1 Å². The van der Waals surface area contributed by atoms with Gasteiger partial charge in [-0.05, 0) is 62.7 Å². The lowest BCUT2D eigenvalue weighted by Crippen LogP contribution is -2.42. The molecule has 176 valence electrons. The van der Waals surface area contributed by atoms with Crippen LogP contribution >= 0.6 is 35.7 Å². The molecule has 1 aromatic carbocycles. The van der Waals surface area contributed by atoms with Crippen molar-refractivity contribution in [2.45, 2.75) is 32.4 Å². The number of nitrogens with zero attached hydrogens (tertiary/aromatic N) is 3. The van der Waals surface area contributed by atoms with Gasteiger partial charge in [-0.3, -0.25) is 4.90 Å². The van der Waals surface area contributed by atoms with E-state index in [1.165, 1.54) is 35.6 Å². The third-order valence-electron chi connectivity index (χ3n) is 5.99. The lowest BCUT2D eigenvalue weighted by molar-refractivity contribution is 0.215. The number of furan rings is 1. The number of benzene rings is 1. The van der Waals surface area contributed by atoms with E-state index in [9.17, 15) is 0 Å². The highest BCUT2D eigenvalue weighted by Crippen LogP contribution is 2.25. The van der Waals surface area contributed by atoms with E-state index < -0.39 is 0 Å². The summed E-state index contributed by atoms with van der Waals surface area (Å²) in [4.78, 5) is 9.82. The molecule has 1 unspecified atom stereocenters. The number of likely N-dealkylation sites (tertiary alicyclic amines) is 1. The normalized spacial score (nSPS) is 18.3. The Balaban J connectivity index is 0.00000289. The van der Waals surface area contributed by atoms with E-state index in [1.54, 1.807) is 6.26 Å². The fourth-order valence-corrected chi connectivity index (χ4v) is 5.19. The van der Waals surface area contributed by atoms with Gasteiger partial charge in [0.25, 0.3) is 0 Å². The lowest BCUT2D eigenvalue weighted by Gasteiger charge is -2.28. The van der Waals surface area contributed by atoms with Crippen molar-refractivity contribution in [2.24, 2.45) is 4.99 Å². The van der Waals surface area contributed by atoms with Gasteiger partial charge in [0.15, 0.2) is 5.96 Å². The second-order valence-electron chi connectivity index (χ2n) is 8.12. The molecule has 2 saturated heterocycles. The van der Waals surface area contributed by atoms with Gasteiger partial charge in [-0.2, -0.15) is 11.8 Å². The molecule has 2 N–H and O–H groups in total. The summed E-state index contributed by atoms with van der Waals surface area (Å²) in [5.74, 6) is 4.33. The van der Waals surface area contributed by atoms with Crippen molar-refractivity contribution in [3.05, 3.63) is 54.0 Å². The molecular weight excluding hydrogens is 533 g/mol. The Hall–Kier alpha value is -1.39. The Bertz CT molecular complexity index is 802. The van der Waals surface area contributed by atoms with Crippen LogP contribution in [-0.2, 0) is 6.54 Å². The zero-order valence-corrected chi connectivity index (χ0v) is 22.1. The summed E-state index contributed by atoms with van der Waals surface area (Å²) in [7, 11) is 0. The molecule has 8 heteroatoms. The number of nitrogens with one attached hydrogen (secondary N) is 2. The Labute approximate surface area is 213 Å². The van der Waals surface area contributed by atoms with Gasteiger partial charge in [0.2, 0.25) is 0 Å². The van der Waals surface area contributed by atoms with Crippen molar-refractivity contribution in [2.75, 3.05) is 55.7 Å². The minimum Gasteiger partial charge on any atom is -0.468 e.